The Morgan fingerprint density at radius 3 is 3.00 bits per heavy atom. The normalized spacial score (nSPS) is 15.4. The topological polar surface area (TPSA) is 41.0 Å². The summed E-state index contributed by atoms with van der Waals surface area (Å²) in [5.41, 5.74) is 2.68. The Bertz CT molecular complexity index is 611. The van der Waals surface area contributed by atoms with Gasteiger partial charge in [0.1, 0.15) is 18.0 Å². The molecule has 1 aromatic carbocycles. The van der Waals surface area contributed by atoms with Gasteiger partial charge in [-0.1, -0.05) is 25.1 Å². The first kappa shape index (κ1) is 13.9. The lowest BCUT2D eigenvalue weighted by Crippen LogP contribution is -2.25. The molecule has 21 heavy (non-hydrogen) atoms. The molecule has 3 rings (SSSR count). The largest absolute Gasteiger partial charge is 0.367 e. The van der Waals surface area contributed by atoms with Crippen molar-refractivity contribution in [2.75, 3.05) is 16.8 Å². The van der Waals surface area contributed by atoms with Crippen LogP contribution in [-0.4, -0.2) is 22.6 Å². The lowest BCUT2D eigenvalue weighted by Gasteiger charge is -2.30. The molecule has 1 aromatic heterocycles. The molecule has 0 aliphatic carbocycles. The third-order valence-electron chi connectivity index (χ3n) is 4.05. The summed E-state index contributed by atoms with van der Waals surface area (Å²) >= 11 is 0. The molecule has 1 N–H and O–H groups in total. The Hall–Kier alpha value is -2.10. The van der Waals surface area contributed by atoms with Crippen LogP contribution < -0.4 is 10.2 Å². The van der Waals surface area contributed by atoms with Crippen molar-refractivity contribution in [3.05, 3.63) is 42.2 Å². The summed E-state index contributed by atoms with van der Waals surface area (Å²) in [5.74, 6) is 1.88. The Morgan fingerprint density at radius 1 is 1.29 bits per heavy atom. The van der Waals surface area contributed by atoms with Crippen LogP contribution in [0, 0.1) is 0 Å². The van der Waals surface area contributed by atoms with Crippen molar-refractivity contribution in [1.29, 1.82) is 0 Å². The second kappa shape index (κ2) is 6.12. The number of nitrogens with zero attached hydrogens (tertiary/aromatic N) is 3. The monoisotopic (exact) mass is 282 g/mol. The van der Waals surface area contributed by atoms with Gasteiger partial charge in [-0.3, -0.25) is 0 Å². The van der Waals surface area contributed by atoms with Crippen LogP contribution in [0.4, 0.5) is 17.3 Å². The Balaban J connectivity index is 1.89. The predicted molar refractivity (Wildman–Crippen MR) is 87.2 cm³/mol. The Morgan fingerprint density at radius 2 is 2.14 bits per heavy atom. The van der Waals surface area contributed by atoms with Crippen molar-refractivity contribution in [2.24, 2.45) is 0 Å². The molecule has 4 heteroatoms. The van der Waals surface area contributed by atoms with E-state index in [2.05, 4.69) is 58.3 Å². The van der Waals surface area contributed by atoms with E-state index in [1.807, 2.05) is 6.07 Å². The molecule has 1 atom stereocenters. The van der Waals surface area contributed by atoms with E-state index in [1.54, 1.807) is 6.33 Å². The number of hydrogen-bond acceptors (Lipinski definition) is 4. The summed E-state index contributed by atoms with van der Waals surface area (Å²) < 4.78 is 0. The van der Waals surface area contributed by atoms with E-state index in [9.17, 15) is 0 Å². The fourth-order valence-corrected chi connectivity index (χ4v) is 2.70. The third-order valence-corrected chi connectivity index (χ3v) is 4.05. The van der Waals surface area contributed by atoms with E-state index in [0.29, 0.717) is 6.04 Å². The minimum atomic E-state index is 0.418. The van der Waals surface area contributed by atoms with Gasteiger partial charge in [0.25, 0.3) is 0 Å². The molecular weight excluding hydrogens is 260 g/mol. The van der Waals surface area contributed by atoms with Gasteiger partial charge in [-0.05, 0) is 37.8 Å². The van der Waals surface area contributed by atoms with Gasteiger partial charge in [0.15, 0.2) is 0 Å². The summed E-state index contributed by atoms with van der Waals surface area (Å²) in [4.78, 5) is 11.1. The highest BCUT2D eigenvalue weighted by molar-refractivity contribution is 5.66. The average Bonchev–Trinajstić information content (AvgIpc) is 2.54. The van der Waals surface area contributed by atoms with E-state index in [4.69, 9.17) is 0 Å². The fourth-order valence-electron chi connectivity index (χ4n) is 2.70. The molecule has 2 aromatic rings. The van der Waals surface area contributed by atoms with Crippen molar-refractivity contribution >= 4 is 17.3 Å². The van der Waals surface area contributed by atoms with Gasteiger partial charge in [-0.15, -0.1) is 0 Å². The zero-order valence-corrected chi connectivity index (χ0v) is 12.7. The van der Waals surface area contributed by atoms with Crippen LogP contribution in [0.5, 0.6) is 0 Å². The summed E-state index contributed by atoms with van der Waals surface area (Å²) in [6, 6.07) is 11.1. The molecule has 110 valence electrons. The van der Waals surface area contributed by atoms with Crippen molar-refractivity contribution in [3.63, 3.8) is 0 Å². The van der Waals surface area contributed by atoms with Gasteiger partial charge in [-0.25, -0.2) is 9.97 Å². The average molecular weight is 282 g/mol. The number of hydrogen-bond donors (Lipinski definition) is 1. The van der Waals surface area contributed by atoms with Crippen LogP contribution in [0.1, 0.15) is 32.3 Å². The Kier molecular flexibility index (Phi) is 4.04. The number of rotatable bonds is 4. The van der Waals surface area contributed by atoms with Gasteiger partial charge in [0, 0.05) is 24.3 Å². The van der Waals surface area contributed by atoms with Crippen molar-refractivity contribution in [3.8, 4) is 0 Å². The minimum Gasteiger partial charge on any atom is -0.367 e. The van der Waals surface area contributed by atoms with Gasteiger partial charge in [0.05, 0.1) is 0 Å². The first-order chi connectivity index (χ1) is 10.3. The van der Waals surface area contributed by atoms with Crippen molar-refractivity contribution in [1.82, 2.24) is 9.97 Å². The van der Waals surface area contributed by atoms with Crippen LogP contribution in [0.3, 0.4) is 0 Å². The highest BCUT2D eigenvalue weighted by atomic mass is 15.2. The molecule has 0 radical (unpaired) electrons. The maximum atomic E-state index is 4.47. The van der Waals surface area contributed by atoms with Gasteiger partial charge < -0.3 is 10.2 Å². The highest BCUT2D eigenvalue weighted by Gasteiger charge is 2.19. The molecule has 0 spiro atoms. The minimum absolute atomic E-state index is 0.418. The van der Waals surface area contributed by atoms with Crippen LogP contribution in [0.15, 0.2) is 36.7 Å². The molecule has 0 amide bonds. The van der Waals surface area contributed by atoms with Crippen LogP contribution in [0.2, 0.25) is 0 Å². The van der Waals surface area contributed by atoms with Crippen LogP contribution >= 0.6 is 0 Å². The lowest BCUT2D eigenvalue weighted by atomic mass is 10.0. The molecule has 0 fully saturated rings. The second-order valence-electron chi connectivity index (χ2n) is 5.60. The number of aromatic nitrogens is 2. The van der Waals surface area contributed by atoms with E-state index < -0.39 is 0 Å². The molecule has 2 heterocycles. The molecular formula is C17H22N4. The smallest absolute Gasteiger partial charge is 0.138 e. The van der Waals surface area contributed by atoms with Gasteiger partial charge >= 0.3 is 0 Å². The zero-order chi connectivity index (χ0) is 14.7. The summed E-state index contributed by atoms with van der Waals surface area (Å²) in [7, 11) is 0. The highest BCUT2D eigenvalue weighted by Crippen LogP contribution is 2.32. The molecule has 0 bridgehead atoms. The maximum absolute atomic E-state index is 4.47. The fraction of sp³-hybridized carbons (Fsp3) is 0.412. The number of fused-ring (bicyclic) bond motifs is 1. The zero-order valence-electron chi connectivity index (χ0n) is 12.7. The number of benzene rings is 1. The van der Waals surface area contributed by atoms with E-state index >= 15 is 0 Å². The van der Waals surface area contributed by atoms with Crippen molar-refractivity contribution in [2.45, 2.75) is 39.2 Å². The van der Waals surface area contributed by atoms with E-state index in [0.717, 1.165) is 37.4 Å². The maximum Gasteiger partial charge on any atom is 0.138 e. The standard InChI is InChI=1S/C17H22N4/c1-3-13(2)20-16-11-17(19-12-18-16)21-10-6-8-14-7-4-5-9-15(14)21/h4-5,7,9,11-13H,3,6,8,10H2,1-2H3,(H,18,19,20). The van der Waals surface area contributed by atoms with Crippen LogP contribution in [-0.2, 0) is 6.42 Å². The molecule has 1 aliphatic rings. The van der Waals surface area contributed by atoms with E-state index in [1.165, 1.54) is 11.3 Å². The van der Waals surface area contributed by atoms with Gasteiger partial charge in [-0.2, -0.15) is 0 Å². The van der Waals surface area contributed by atoms with E-state index in [-0.39, 0.29) is 0 Å². The third kappa shape index (κ3) is 2.99. The predicted octanol–water partition coefficient (Wildman–Crippen LogP) is 3.77. The SMILES string of the molecule is CCC(C)Nc1cc(N2CCCc3ccccc32)ncn1. The van der Waals surface area contributed by atoms with Crippen LogP contribution in [0.25, 0.3) is 0 Å². The second-order valence-corrected chi connectivity index (χ2v) is 5.60. The number of aryl methyl sites for hydroxylation is 1. The molecule has 0 saturated heterocycles. The van der Waals surface area contributed by atoms with Gasteiger partial charge in [0.2, 0.25) is 0 Å². The number of anilines is 3. The summed E-state index contributed by atoms with van der Waals surface area (Å²) in [6.45, 7) is 5.34. The summed E-state index contributed by atoms with van der Waals surface area (Å²) in [6.07, 6.45) is 5.04. The van der Waals surface area contributed by atoms with Crippen molar-refractivity contribution < 1.29 is 0 Å². The summed E-state index contributed by atoms with van der Waals surface area (Å²) in [5, 5.41) is 3.42. The molecule has 1 aliphatic heterocycles. The quantitative estimate of drug-likeness (QED) is 0.926. The molecule has 4 nitrogen and oxygen atoms in total. The lowest BCUT2D eigenvalue weighted by molar-refractivity contribution is 0.750. The molecule has 1 unspecified atom stereocenters. The number of nitrogens with one attached hydrogen (secondary N) is 1. The molecule has 0 saturated carbocycles. The first-order valence-corrected chi connectivity index (χ1v) is 7.72. The Labute approximate surface area is 126 Å². The first-order valence-electron chi connectivity index (χ1n) is 7.72. The number of para-hydroxylation sites is 1.